The normalized spacial score (nSPS) is 18.5. The van der Waals surface area contributed by atoms with E-state index in [-0.39, 0.29) is 5.91 Å². The molecule has 0 spiro atoms. The summed E-state index contributed by atoms with van der Waals surface area (Å²) in [4.78, 5) is 18.6. The molecule has 2 N–H and O–H groups in total. The summed E-state index contributed by atoms with van der Waals surface area (Å²) in [6, 6.07) is 2.41. The Labute approximate surface area is 130 Å². The van der Waals surface area contributed by atoms with Crippen LogP contribution in [0.5, 0.6) is 0 Å². The molecule has 0 bridgehead atoms. The molecule has 114 valence electrons. The number of likely N-dealkylation sites (N-methyl/N-ethyl adjacent to an activating group) is 1. The predicted molar refractivity (Wildman–Crippen MR) is 87.6 cm³/mol. The topological polar surface area (TPSA) is 49.6 Å². The average molecular weight is 305 g/mol. The van der Waals surface area contributed by atoms with Crippen molar-refractivity contribution in [2.45, 2.75) is 25.8 Å². The van der Waals surface area contributed by atoms with Gasteiger partial charge in [0.1, 0.15) is 0 Å². The van der Waals surface area contributed by atoms with Crippen molar-refractivity contribution in [1.82, 2.24) is 9.80 Å². The number of carbonyl (C=O) groups excluding carboxylic acids is 1. The van der Waals surface area contributed by atoms with Gasteiger partial charge in [0, 0.05) is 19.1 Å². The van der Waals surface area contributed by atoms with Crippen LogP contribution in [0.15, 0.2) is 6.07 Å². The number of carbonyl (C=O) groups is 1. The zero-order valence-corrected chi connectivity index (χ0v) is 13.8. The number of hydrogen-bond donors (Lipinski definition) is 1. The Balaban J connectivity index is 2.12. The number of aryl methyl sites for hydroxylation is 1. The first-order valence-corrected chi connectivity index (χ1v) is 8.09. The van der Waals surface area contributed by atoms with E-state index >= 15 is 0 Å². The maximum Gasteiger partial charge on any atom is 0.264 e. The molecule has 1 atom stereocenters. The first-order chi connectivity index (χ1) is 10.0. The summed E-state index contributed by atoms with van der Waals surface area (Å²) in [5.74, 6) is 6.03. The highest BCUT2D eigenvalue weighted by molar-refractivity contribution is 7.14. The highest BCUT2D eigenvalue weighted by Crippen LogP contribution is 2.24. The van der Waals surface area contributed by atoms with Crippen LogP contribution in [-0.2, 0) is 0 Å². The predicted octanol–water partition coefficient (Wildman–Crippen LogP) is 1.53. The fraction of sp³-hybridized carbons (Fsp3) is 0.562. The van der Waals surface area contributed by atoms with Gasteiger partial charge in [-0.1, -0.05) is 11.8 Å². The van der Waals surface area contributed by atoms with Gasteiger partial charge < -0.3 is 15.5 Å². The van der Waals surface area contributed by atoms with Crippen LogP contribution >= 0.6 is 11.3 Å². The zero-order chi connectivity index (χ0) is 15.4. The summed E-state index contributed by atoms with van der Waals surface area (Å²) in [5, 5.41) is 0. The van der Waals surface area contributed by atoms with E-state index in [1.807, 2.05) is 17.9 Å². The number of likely N-dealkylation sites (tertiary alicyclic amines) is 1. The number of amides is 1. The maximum absolute atomic E-state index is 12.7. The van der Waals surface area contributed by atoms with Crippen molar-refractivity contribution in [3.8, 4) is 11.8 Å². The van der Waals surface area contributed by atoms with Crippen LogP contribution in [0.3, 0.4) is 0 Å². The van der Waals surface area contributed by atoms with Crippen LogP contribution < -0.4 is 5.73 Å². The van der Waals surface area contributed by atoms with Crippen molar-refractivity contribution in [2.24, 2.45) is 5.73 Å². The van der Waals surface area contributed by atoms with E-state index in [0.717, 1.165) is 41.2 Å². The lowest BCUT2D eigenvalue weighted by atomic mass is 10.0. The molecule has 0 aliphatic carbocycles. The SMILES string of the molecule is Cc1cc(C(=O)N2CCCC(N(C)C)C2)sc1C#CCN. The lowest BCUT2D eigenvalue weighted by Crippen LogP contribution is -2.47. The minimum absolute atomic E-state index is 0.135. The lowest BCUT2D eigenvalue weighted by Gasteiger charge is -2.35. The van der Waals surface area contributed by atoms with Crippen molar-refractivity contribution >= 4 is 17.2 Å². The molecule has 1 amide bonds. The minimum Gasteiger partial charge on any atom is -0.336 e. The summed E-state index contributed by atoms with van der Waals surface area (Å²) in [6.45, 7) is 4.00. The molecule has 0 aromatic carbocycles. The molecule has 4 nitrogen and oxygen atoms in total. The van der Waals surface area contributed by atoms with Crippen molar-refractivity contribution in [3.05, 3.63) is 21.4 Å². The van der Waals surface area contributed by atoms with Gasteiger partial charge in [-0.05, 0) is 45.5 Å². The van der Waals surface area contributed by atoms with Gasteiger partial charge >= 0.3 is 0 Å². The number of nitrogens with two attached hydrogens (primary N) is 1. The Morgan fingerprint density at radius 3 is 3.00 bits per heavy atom. The molecule has 1 fully saturated rings. The monoisotopic (exact) mass is 305 g/mol. The van der Waals surface area contributed by atoms with E-state index in [1.54, 1.807) is 0 Å². The van der Waals surface area contributed by atoms with Crippen LogP contribution in [0, 0.1) is 18.8 Å². The first-order valence-electron chi connectivity index (χ1n) is 7.28. The third kappa shape index (κ3) is 3.85. The standard InChI is InChI=1S/C16H23N3OS/c1-12-10-15(21-14(12)7-4-8-17)16(20)19-9-5-6-13(11-19)18(2)3/h10,13H,5-6,8-9,11,17H2,1-3H3. The van der Waals surface area contributed by atoms with Crippen LogP contribution in [0.1, 0.15) is 33.0 Å². The van der Waals surface area contributed by atoms with Gasteiger partial charge in [0.15, 0.2) is 0 Å². The van der Waals surface area contributed by atoms with E-state index < -0.39 is 0 Å². The molecular weight excluding hydrogens is 282 g/mol. The molecule has 0 radical (unpaired) electrons. The van der Waals surface area contributed by atoms with E-state index in [9.17, 15) is 4.79 Å². The highest BCUT2D eigenvalue weighted by atomic mass is 32.1. The Kier molecular flexibility index (Phi) is 5.40. The number of thiophene rings is 1. The van der Waals surface area contributed by atoms with Crippen molar-refractivity contribution in [3.63, 3.8) is 0 Å². The molecule has 1 aromatic heterocycles. The third-order valence-electron chi connectivity index (χ3n) is 3.85. The van der Waals surface area contributed by atoms with Gasteiger partial charge in [-0.3, -0.25) is 4.79 Å². The number of hydrogen-bond acceptors (Lipinski definition) is 4. The summed E-state index contributed by atoms with van der Waals surface area (Å²) in [7, 11) is 4.16. The molecule has 1 unspecified atom stereocenters. The van der Waals surface area contributed by atoms with Crippen molar-refractivity contribution < 1.29 is 4.79 Å². The zero-order valence-electron chi connectivity index (χ0n) is 13.0. The van der Waals surface area contributed by atoms with Gasteiger partial charge in [-0.25, -0.2) is 0 Å². The Hall–Kier alpha value is -1.35. The second kappa shape index (κ2) is 7.08. The molecule has 2 rings (SSSR count). The van der Waals surface area contributed by atoms with E-state index in [0.29, 0.717) is 12.6 Å². The maximum atomic E-state index is 12.7. The summed E-state index contributed by atoms with van der Waals surface area (Å²) >= 11 is 1.48. The summed E-state index contributed by atoms with van der Waals surface area (Å²) in [6.07, 6.45) is 2.23. The average Bonchev–Trinajstić information content (AvgIpc) is 2.85. The van der Waals surface area contributed by atoms with Crippen LogP contribution in [0.4, 0.5) is 0 Å². The fourth-order valence-electron chi connectivity index (χ4n) is 2.56. The second-order valence-electron chi connectivity index (χ2n) is 5.64. The number of piperidine rings is 1. The molecular formula is C16H23N3OS. The molecule has 21 heavy (non-hydrogen) atoms. The van der Waals surface area contributed by atoms with Gasteiger partial charge in [0.2, 0.25) is 0 Å². The van der Waals surface area contributed by atoms with Gasteiger partial charge in [0.25, 0.3) is 5.91 Å². The molecule has 1 saturated heterocycles. The second-order valence-corrected chi connectivity index (χ2v) is 6.69. The molecule has 2 heterocycles. The van der Waals surface area contributed by atoms with Crippen LogP contribution in [0.25, 0.3) is 0 Å². The highest BCUT2D eigenvalue weighted by Gasteiger charge is 2.26. The smallest absolute Gasteiger partial charge is 0.264 e. The number of nitrogens with zero attached hydrogens (tertiary/aromatic N) is 2. The van der Waals surface area contributed by atoms with Gasteiger partial charge in [-0.2, -0.15) is 0 Å². The number of rotatable bonds is 2. The Morgan fingerprint density at radius 2 is 2.33 bits per heavy atom. The van der Waals surface area contributed by atoms with Crippen molar-refractivity contribution in [2.75, 3.05) is 33.7 Å². The van der Waals surface area contributed by atoms with Crippen LogP contribution in [0.2, 0.25) is 0 Å². The largest absolute Gasteiger partial charge is 0.336 e. The third-order valence-corrected chi connectivity index (χ3v) is 4.99. The first kappa shape index (κ1) is 16.0. The van der Waals surface area contributed by atoms with E-state index in [2.05, 4.69) is 30.8 Å². The summed E-state index contributed by atoms with van der Waals surface area (Å²) < 4.78 is 0. The van der Waals surface area contributed by atoms with Gasteiger partial charge in [0.05, 0.1) is 16.3 Å². The van der Waals surface area contributed by atoms with E-state index in [1.165, 1.54) is 11.3 Å². The molecule has 5 heteroatoms. The fourth-order valence-corrected chi connectivity index (χ4v) is 3.57. The lowest BCUT2D eigenvalue weighted by molar-refractivity contribution is 0.0640. The van der Waals surface area contributed by atoms with Crippen molar-refractivity contribution in [1.29, 1.82) is 0 Å². The summed E-state index contributed by atoms with van der Waals surface area (Å²) in [5.41, 5.74) is 6.47. The molecule has 1 aliphatic rings. The Morgan fingerprint density at radius 1 is 1.57 bits per heavy atom. The van der Waals surface area contributed by atoms with E-state index in [4.69, 9.17) is 5.73 Å². The molecule has 1 aromatic rings. The Bertz CT molecular complexity index is 568. The molecule has 1 aliphatic heterocycles. The van der Waals surface area contributed by atoms with Gasteiger partial charge in [-0.15, -0.1) is 11.3 Å². The quantitative estimate of drug-likeness (QED) is 0.843. The molecule has 0 saturated carbocycles. The minimum atomic E-state index is 0.135. The van der Waals surface area contributed by atoms with Crippen LogP contribution in [-0.4, -0.2) is 55.5 Å².